The first kappa shape index (κ1) is 15.0. The minimum Gasteiger partial charge on any atom is -0.356 e. The smallest absolute Gasteiger partial charge is 0.222 e. The van der Waals surface area contributed by atoms with Gasteiger partial charge in [-0.15, -0.1) is 0 Å². The Balaban J connectivity index is 2.04. The van der Waals surface area contributed by atoms with Crippen molar-refractivity contribution in [3.8, 4) is 0 Å². The van der Waals surface area contributed by atoms with Gasteiger partial charge in [-0.2, -0.15) is 0 Å². The Labute approximate surface area is 109 Å². The van der Waals surface area contributed by atoms with Crippen molar-refractivity contribution >= 4 is 11.8 Å². The predicted octanol–water partition coefficient (Wildman–Crippen LogP) is 0.503. The van der Waals surface area contributed by atoms with Crippen LogP contribution in [0.25, 0.3) is 0 Å². The van der Waals surface area contributed by atoms with Crippen LogP contribution in [0.3, 0.4) is 0 Å². The van der Waals surface area contributed by atoms with Crippen molar-refractivity contribution in [2.24, 2.45) is 0 Å². The molecule has 0 radical (unpaired) electrons. The van der Waals surface area contributed by atoms with Gasteiger partial charge in [-0.25, -0.2) is 0 Å². The van der Waals surface area contributed by atoms with Crippen LogP contribution < -0.4 is 10.6 Å². The van der Waals surface area contributed by atoms with Crippen LogP contribution in [-0.2, 0) is 9.59 Å². The topological polar surface area (TPSA) is 61.4 Å². The summed E-state index contributed by atoms with van der Waals surface area (Å²) in [5, 5.41) is 6.09. The van der Waals surface area contributed by atoms with E-state index in [0.29, 0.717) is 19.0 Å². The molecule has 0 bridgehead atoms. The van der Waals surface area contributed by atoms with Crippen LogP contribution in [0.15, 0.2) is 0 Å². The molecule has 5 heteroatoms. The Morgan fingerprint density at radius 2 is 2.11 bits per heavy atom. The number of hydrogen-bond donors (Lipinski definition) is 2. The zero-order valence-corrected chi connectivity index (χ0v) is 11.5. The molecule has 1 saturated heterocycles. The van der Waals surface area contributed by atoms with E-state index in [0.717, 1.165) is 38.9 Å². The molecular formula is C13H25N3O2. The van der Waals surface area contributed by atoms with Crippen molar-refractivity contribution in [1.82, 2.24) is 15.5 Å². The van der Waals surface area contributed by atoms with Crippen molar-refractivity contribution in [2.75, 3.05) is 26.2 Å². The monoisotopic (exact) mass is 255 g/mol. The Hall–Kier alpha value is -1.10. The normalized spacial score (nSPS) is 19.7. The summed E-state index contributed by atoms with van der Waals surface area (Å²) in [4.78, 5) is 24.5. The van der Waals surface area contributed by atoms with Gasteiger partial charge in [-0.3, -0.25) is 9.59 Å². The fraction of sp³-hybridized carbons (Fsp3) is 0.846. The van der Waals surface area contributed by atoms with Crippen LogP contribution in [0.4, 0.5) is 0 Å². The summed E-state index contributed by atoms with van der Waals surface area (Å²) in [5.41, 5.74) is 0. The maximum absolute atomic E-state index is 11.9. The molecule has 1 atom stereocenters. The third kappa shape index (κ3) is 6.00. The summed E-state index contributed by atoms with van der Waals surface area (Å²) in [5.74, 6) is 0.281. The number of nitrogens with zero attached hydrogens (tertiary/aromatic N) is 1. The minimum absolute atomic E-state index is 0.0147. The van der Waals surface area contributed by atoms with Gasteiger partial charge < -0.3 is 15.5 Å². The molecule has 104 valence electrons. The third-order valence-electron chi connectivity index (χ3n) is 3.16. The lowest BCUT2D eigenvalue weighted by Gasteiger charge is -2.32. The number of hydrogen-bond acceptors (Lipinski definition) is 3. The molecule has 0 saturated carbocycles. The number of rotatable bonds is 6. The van der Waals surface area contributed by atoms with Crippen LogP contribution >= 0.6 is 0 Å². The second-order valence-corrected chi connectivity index (χ2v) is 4.99. The van der Waals surface area contributed by atoms with E-state index in [1.807, 2.05) is 4.90 Å². The molecular weight excluding hydrogens is 230 g/mol. The fourth-order valence-electron chi connectivity index (χ4n) is 2.16. The third-order valence-corrected chi connectivity index (χ3v) is 3.16. The van der Waals surface area contributed by atoms with E-state index in [9.17, 15) is 9.59 Å². The fourth-order valence-corrected chi connectivity index (χ4v) is 2.16. The van der Waals surface area contributed by atoms with Gasteiger partial charge in [-0.05, 0) is 19.8 Å². The molecule has 1 unspecified atom stereocenters. The molecule has 1 aliphatic heterocycles. The van der Waals surface area contributed by atoms with Crippen LogP contribution in [0.5, 0.6) is 0 Å². The number of carbonyl (C=O) groups excluding carboxylic acids is 2. The van der Waals surface area contributed by atoms with Gasteiger partial charge >= 0.3 is 0 Å². The second-order valence-electron chi connectivity index (χ2n) is 4.99. The van der Waals surface area contributed by atoms with Crippen LogP contribution in [0.1, 0.15) is 39.5 Å². The number of nitrogens with one attached hydrogen (secondary N) is 2. The predicted molar refractivity (Wildman–Crippen MR) is 71.2 cm³/mol. The van der Waals surface area contributed by atoms with Crippen LogP contribution in [-0.4, -0.2) is 48.9 Å². The van der Waals surface area contributed by atoms with E-state index < -0.39 is 0 Å². The zero-order chi connectivity index (χ0) is 13.4. The first-order valence-corrected chi connectivity index (χ1v) is 6.85. The summed E-state index contributed by atoms with van der Waals surface area (Å²) in [6, 6.07) is 0.405. The summed E-state index contributed by atoms with van der Waals surface area (Å²) < 4.78 is 0. The molecule has 2 N–H and O–H groups in total. The van der Waals surface area contributed by atoms with Gasteiger partial charge in [-0.1, -0.05) is 6.42 Å². The molecule has 1 heterocycles. The molecule has 0 aliphatic carbocycles. The van der Waals surface area contributed by atoms with Crippen molar-refractivity contribution in [1.29, 1.82) is 0 Å². The zero-order valence-electron chi connectivity index (χ0n) is 11.5. The number of piperazine rings is 1. The van der Waals surface area contributed by atoms with Crippen molar-refractivity contribution in [2.45, 2.75) is 45.6 Å². The first-order chi connectivity index (χ1) is 8.59. The van der Waals surface area contributed by atoms with Crippen molar-refractivity contribution in [3.63, 3.8) is 0 Å². The Kier molecular flexibility index (Phi) is 6.72. The van der Waals surface area contributed by atoms with Gasteiger partial charge in [0.15, 0.2) is 0 Å². The number of carbonyl (C=O) groups is 2. The van der Waals surface area contributed by atoms with Gasteiger partial charge in [0.2, 0.25) is 11.8 Å². The van der Waals surface area contributed by atoms with Gasteiger partial charge in [0.25, 0.3) is 0 Å². The van der Waals surface area contributed by atoms with E-state index in [4.69, 9.17) is 0 Å². The molecule has 0 aromatic heterocycles. The lowest BCUT2D eigenvalue weighted by Crippen LogP contribution is -2.51. The second kappa shape index (κ2) is 8.08. The molecule has 0 spiro atoms. The van der Waals surface area contributed by atoms with E-state index in [2.05, 4.69) is 17.6 Å². The molecule has 18 heavy (non-hydrogen) atoms. The quantitative estimate of drug-likeness (QED) is 0.680. The van der Waals surface area contributed by atoms with E-state index in [-0.39, 0.29) is 11.8 Å². The van der Waals surface area contributed by atoms with Crippen LogP contribution in [0.2, 0.25) is 0 Å². The van der Waals surface area contributed by atoms with Crippen molar-refractivity contribution in [3.05, 3.63) is 0 Å². The summed E-state index contributed by atoms with van der Waals surface area (Å²) in [6.07, 6.45) is 3.49. The van der Waals surface area contributed by atoms with E-state index in [1.54, 1.807) is 0 Å². The highest BCUT2D eigenvalue weighted by atomic mass is 16.2. The molecule has 5 nitrogen and oxygen atoms in total. The molecule has 1 rings (SSSR count). The summed E-state index contributed by atoms with van der Waals surface area (Å²) in [7, 11) is 0. The Morgan fingerprint density at radius 1 is 1.33 bits per heavy atom. The van der Waals surface area contributed by atoms with Crippen LogP contribution in [0, 0.1) is 0 Å². The van der Waals surface area contributed by atoms with Crippen molar-refractivity contribution < 1.29 is 9.59 Å². The average Bonchev–Trinajstić information content (AvgIpc) is 2.33. The lowest BCUT2D eigenvalue weighted by molar-refractivity contribution is -0.132. The Morgan fingerprint density at radius 3 is 2.78 bits per heavy atom. The maximum atomic E-state index is 11.9. The molecule has 0 aromatic rings. The van der Waals surface area contributed by atoms with Gasteiger partial charge in [0.1, 0.15) is 0 Å². The molecule has 1 aliphatic rings. The first-order valence-electron chi connectivity index (χ1n) is 6.85. The van der Waals surface area contributed by atoms with Gasteiger partial charge in [0, 0.05) is 45.6 Å². The molecule has 0 aromatic carbocycles. The van der Waals surface area contributed by atoms with E-state index in [1.165, 1.54) is 6.92 Å². The summed E-state index contributed by atoms with van der Waals surface area (Å²) in [6.45, 7) is 6.89. The molecule has 2 amide bonds. The van der Waals surface area contributed by atoms with E-state index >= 15 is 0 Å². The lowest BCUT2D eigenvalue weighted by atomic mass is 10.1. The standard InChI is InChI=1S/C13H25N3O2/c1-11-10-16(9-8-14-11)13(18)6-4-3-5-7-15-12(2)17/h11,14H,3-10H2,1-2H3,(H,15,17). The highest BCUT2D eigenvalue weighted by Gasteiger charge is 2.19. The minimum atomic E-state index is 0.0147. The summed E-state index contributed by atoms with van der Waals surface area (Å²) >= 11 is 0. The number of amides is 2. The largest absolute Gasteiger partial charge is 0.356 e. The number of unbranched alkanes of at least 4 members (excludes halogenated alkanes) is 2. The van der Waals surface area contributed by atoms with Gasteiger partial charge in [0.05, 0.1) is 0 Å². The highest BCUT2D eigenvalue weighted by Crippen LogP contribution is 2.06. The average molecular weight is 255 g/mol. The highest BCUT2D eigenvalue weighted by molar-refractivity contribution is 5.76. The Bertz CT molecular complexity index is 281. The SMILES string of the molecule is CC(=O)NCCCCCC(=O)N1CCNC(C)C1. The molecule has 1 fully saturated rings. The maximum Gasteiger partial charge on any atom is 0.222 e.